The minimum atomic E-state index is -0.639. The van der Waals surface area contributed by atoms with Crippen molar-refractivity contribution in [3.05, 3.63) is 51.4 Å². The van der Waals surface area contributed by atoms with Crippen molar-refractivity contribution in [1.29, 1.82) is 0 Å². The second-order valence-corrected chi connectivity index (χ2v) is 7.65. The van der Waals surface area contributed by atoms with Crippen LogP contribution in [-0.4, -0.2) is 33.2 Å². The molecule has 0 unspecified atom stereocenters. The number of fused-ring (bicyclic) bond motifs is 1. The topological polar surface area (TPSA) is 66.1 Å². The first-order chi connectivity index (χ1) is 12.4. The lowest BCUT2D eigenvalue weighted by Crippen LogP contribution is -2.46. The van der Waals surface area contributed by atoms with E-state index in [1.54, 1.807) is 4.90 Å². The maximum Gasteiger partial charge on any atom is 0.256 e. The number of aryl methyl sites for hydroxylation is 1. The molecule has 1 aliphatic rings. The molecule has 0 radical (unpaired) electrons. The van der Waals surface area contributed by atoms with Crippen molar-refractivity contribution in [3.8, 4) is 11.4 Å². The quantitative estimate of drug-likeness (QED) is 0.837. The number of aromatic nitrogens is 2. The van der Waals surface area contributed by atoms with Gasteiger partial charge in [-0.05, 0) is 25.8 Å². The van der Waals surface area contributed by atoms with Gasteiger partial charge in [0, 0.05) is 24.4 Å². The number of nitrogens with zero attached hydrogens (tertiary/aromatic N) is 2. The SMILES string of the molecule is CCc1ccc(-c2nc3c(c(=O)[nH]2)CN(C(=O)C(C)(C)CCl)CC3)cc1. The molecule has 1 N–H and O–H groups in total. The number of alkyl halides is 1. The molecule has 0 bridgehead atoms. The zero-order valence-electron chi connectivity index (χ0n) is 15.4. The summed E-state index contributed by atoms with van der Waals surface area (Å²) >= 11 is 5.92. The lowest BCUT2D eigenvalue weighted by molar-refractivity contribution is -0.140. The monoisotopic (exact) mass is 373 g/mol. The van der Waals surface area contributed by atoms with Gasteiger partial charge in [0.15, 0.2) is 0 Å². The zero-order valence-corrected chi connectivity index (χ0v) is 16.2. The Morgan fingerprint density at radius 2 is 2.00 bits per heavy atom. The Labute approximate surface area is 158 Å². The van der Waals surface area contributed by atoms with Crippen LogP contribution in [0.3, 0.4) is 0 Å². The minimum Gasteiger partial charge on any atom is -0.337 e. The van der Waals surface area contributed by atoms with E-state index in [0.29, 0.717) is 24.4 Å². The first kappa shape index (κ1) is 18.6. The van der Waals surface area contributed by atoms with Crippen LogP contribution in [-0.2, 0) is 24.2 Å². The van der Waals surface area contributed by atoms with E-state index < -0.39 is 5.41 Å². The summed E-state index contributed by atoms with van der Waals surface area (Å²) in [5.41, 5.74) is 2.67. The molecule has 0 spiro atoms. The zero-order chi connectivity index (χ0) is 18.9. The predicted octanol–water partition coefficient (Wildman–Crippen LogP) is 3.15. The smallest absolute Gasteiger partial charge is 0.256 e. The van der Waals surface area contributed by atoms with Gasteiger partial charge < -0.3 is 9.88 Å². The fraction of sp³-hybridized carbons (Fsp3) is 0.450. The molecule has 2 aromatic rings. The van der Waals surface area contributed by atoms with Crippen molar-refractivity contribution in [2.75, 3.05) is 12.4 Å². The van der Waals surface area contributed by atoms with Crippen molar-refractivity contribution in [3.63, 3.8) is 0 Å². The number of rotatable bonds is 4. The van der Waals surface area contributed by atoms with Gasteiger partial charge in [0.25, 0.3) is 5.56 Å². The molecule has 1 aromatic heterocycles. The summed E-state index contributed by atoms with van der Waals surface area (Å²) in [5.74, 6) is 0.797. The Hall–Kier alpha value is -2.14. The standard InChI is InChI=1S/C20H24ClN3O2/c1-4-13-5-7-14(8-6-13)17-22-16-9-10-24(11-15(16)18(25)23-17)19(26)20(2,3)12-21/h5-8H,4,9-12H2,1-3H3,(H,22,23,25). The number of hydrogen-bond acceptors (Lipinski definition) is 3. The fourth-order valence-corrected chi connectivity index (χ4v) is 3.23. The Kier molecular flexibility index (Phi) is 5.19. The average molecular weight is 374 g/mol. The molecule has 1 aromatic carbocycles. The summed E-state index contributed by atoms with van der Waals surface area (Å²) in [4.78, 5) is 34.5. The fourth-order valence-electron chi connectivity index (χ4n) is 3.12. The molecule has 6 heteroatoms. The minimum absolute atomic E-state index is 0.0308. The third kappa shape index (κ3) is 3.54. The molecular formula is C20H24ClN3O2. The van der Waals surface area contributed by atoms with E-state index in [4.69, 9.17) is 11.6 Å². The van der Waals surface area contributed by atoms with Gasteiger partial charge in [0.05, 0.1) is 23.2 Å². The van der Waals surface area contributed by atoms with Gasteiger partial charge >= 0.3 is 0 Å². The molecule has 2 heterocycles. The van der Waals surface area contributed by atoms with E-state index in [1.807, 2.05) is 38.1 Å². The van der Waals surface area contributed by atoms with Crippen molar-refractivity contribution < 1.29 is 4.79 Å². The van der Waals surface area contributed by atoms with Crippen LogP contribution < -0.4 is 5.56 Å². The lowest BCUT2D eigenvalue weighted by Gasteiger charge is -2.33. The van der Waals surface area contributed by atoms with E-state index in [0.717, 1.165) is 17.7 Å². The molecule has 3 rings (SSSR count). The number of H-pyrrole nitrogens is 1. The van der Waals surface area contributed by atoms with E-state index in [-0.39, 0.29) is 23.9 Å². The van der Waals surface area contributed by atoms with Crippen LogP contribution in [0.2, 0.25) is 0 Å². The van der Waals surface area contributed by atoms with Crippen LogP contribution in [0.15, 0.2) is 29.1 Å². The summed E-state index contributed by atoms with van der Waals surface area (Å²) in [6, 6.07) is 8.04. The highest BCUT2D eigenvalue weighted by atomic mass is 35.5. The Morgan fingerprint density at radius 3 is 2.62 bits per heavy atom. The molecule has 0 saturated heterocycles. The van der Waals surface area contributed by atoms with Gasteiger partial charge in [-0.25, -0.2) is 4.98 Å². The molecule has 0 atom stereocenters. The largest absolute Gasteiger partial charge is 0.337 e. The van der Waals surface area contributed by atoms with Gasteiger partial charge in [-0.1, -0.05) is 31.2 Å². The first-order valence-corrected chi connectivity index (χ1v) is 9.46. The van der Waals surface area contributed by atoms with E-state index in [9.17, 15) is 9.59 Å². The van der Waals surface area contributed by atoms with Gasteiger partial charge in [-0.3, -0.25) is 9.59 Å². The number of carbonyl (C=O) groups excluding carboxylic acids is 1. The number of aromatic amines is 1. The number of amides is 1. The highest BCUT2D eigenvalue weighted by molar-refractivity contribution is 6.19. The Morgan fingerprint density at radius 1 is 1.31 bits per heavy atom. The number of nitrogens with one attached hydrogen (secondary N) is 1. The normalized spacial score (nSPS) is 14.2. The summed E-state index contributed by atoms with van der Waals surface area (Å²) in [6.45, 7) is 6.59. The third-order valence-corrected chi connectivity index (χ3v) is 5.57. The molecule has 0 saturated carbocycles. The molecule has 5 nitrogen and oxygen atoms in total. The third-order valence-electron chi connectivity index (χ3n) is 4.90. The van der Waals surface area contributed by atoms with Gasteiger partial charge in [0.2, 0.25) is 5.91 Å². The lowest BCUT2D eigenvalue weighted by atomic mass is 9.93. The van der Waals surface area contributed by atoms with Crippen LogP contribution in [0, 0.1) is 5.41 Å². The first-order valence-electron chi connectivity index (χ1n) is 8.92. The van der Waals surface area contributed by atoms with Crippen molar-refractivity contribution in [2.45, 2.75) is 40.2 Å². The number of benzene rings is 1. The second kappa shape index (κ2) is 7.23. The predicted molar refractivity (Wildman–Crippen MR) is 103 cm³/mol. The molecular weight excluding hydrogens is 350 g/mol. The number of hydrogen-bond donors (Lipinski definition) is 1. The highest BCUT2D eigenvalue weighted by Crippen LogP contribution is 2.25. The number of halogens is 1. The van der Waals surface area contributed by atoms with E-state index >= 15 is 0 Å². The van der Waals surface area contributed by atoms with Crippen LogP contribution in [0.5, 0.6) is 0 Å². The maximum atomic E-state index is 12.6. The summed E-state index contributed by atoms with van der Waals surface area (Å²) in [5, 5.41) is 0. The molecule has 0 aliphatic carbocycles. The van der Waals surface area contributed by atoms with Crippen molar-refractivity contribution in [1.82, 2.24) is 14.9 Å². The summed E-state index contributed by atoms with van der Waals surface area (Å²) < 4.78 is 0. The van der Waals surface area contributed by atoms with Gasteiger partial charge in [-0.2, -0.15) is 0 Å². The maximum absolute atomic E-state index is 12.6. The number of carbonyl (C=O) groups is 1. The van der Waals surface area contributed by atoms with Crippen LogP contribution in [0.25, 0.3) is 11.4 Å². The Bertz CT molecular complexity index is 872. The molecule has 26 heavy (non-hydrogen) atoms. The van der Waals surface area contributed by atoms with Gasteiger partial charge in [0.1, 0.15) is 5.82 Å². The second-order valence-electron chi connectivity index (χ2n) is 7.38. The van der Waals surface area contributed by atoms with Crippen LogP contribution in [0.1, 0.15) is 37.6 Å². The highest BCUT2D eigenvalue weighted by Gasteiger charge is 2.34. The molecule has 1 aliphatic heterocycles. The van der Waals surface area contributed by atoms with Crippen molar-refractivity contribution >= 4 is 17.5 Å². The van der Waals surface area contributed by atoms with E-state index in [2.05, 4.69) is 16.9 Å². The Balaban J connectivity index is 1.89. The van der Waals surface area contributed by atoms with E-state index in [1.165, 1.54) is 5.56 Å². The van der Waals surface area contributed by atoms with Crippen molar-refractivity contribution in [2.24, 2.45) is 5.41 Å². The van der Waals surface area contributed by atoms with Crippen LogP contribution in [0.4, 0.5) is 0 Å². The summed E-state index contributed by atoms with van der Waals surface area (Å²) in [6.07, 6.45) is 1.54. The summed E-state index contributed by atoms with van der Waals surface area (Å²) in [7, 11) is 0. The molecule has 0 fully saturated rings. The molecule has 138 valence electrons. The average Bonchev–Trinajstić information content (AvgIpc) is 2.67. The molecule has 1 amide bonds. The van der Waals surface area contributed by atoms with Gasteiger partial charge in [-0.15, -0.1) is 11.6 Å². The van der Waals surface area contributed by atoms with Crippen LogP contribution >= 0.6 is 11.6 Å².